The summed E-state index contributed by atoms with van der Waals surface area (Å²) in [6, 6.07) is 0. The minimum absolute atomic E-state index is 0.501. The van der Waals surface area contributed by atoms with Gasteiger partial charge in [0.05, 0.1) is 0 Å². The lowest BCUT2D eigenvalue weighted by atomic mass is 9.87. The summed E-state index contributed by atoms with van der Waals surface area (Å²) in [6.45, 7) is 11.6. The monoisotopic (exact) mass is 171 g/mol. The minimum Gasteiger partial charge on any atom is -0.306 e. The van der Waals surface area contributed by atoms with Crippen LogP contribution in [0.1, 0.15) is 47.0 Å². The topological polar surface area (TPSA) is 3.24 Å². The molecule has 0 amide bonds. The van der Waals surface area contributed by atoms with Crippen LogP contribution in [0.25, 0.3) is 0 Å². The lowest BCUT2D eigenvalue weighted by Gasteiger charge is -2.29. The van der Waals surface area contributed by atoms with Crippen molar-refractivity contribution in [2.45, 2.75) is 47.0 Å². The molecule has 0 unspecified atom stereocenters. The minimum atomic E-state index is 0.501. The van der Waals surface area contributed by atoms with E-state index < -0.39 is 0 Å². The van der Waals surface area contributed by atoms with Crippen molar-refractivity contribution in [3.05, 3.63) is 0 Å². The van der Waals surface area contributed by atoms with E-state index >= 15 is 0 Å². The molecule has 12 heavy (non-hydrogen) atoms. The van der Waals surface area contributed by atoms with Gasteiger partial charge in [0.2, 0.25) is 0 Å². The highest BCUT2D eigenvalue weighted by Gasteiger charge is 2.18. The fraction of sp³-hybridized carbons (Fsp3) is 1.00. The van der Waals surface area contributed by atoms with Gasteiger partial charge in [0.1, 0.15) is 0 Å². The summed E-state index contributed by atoms with van der Waals surface area (Å²) < 4.78 is 0. The predicted octanol–water partition coefficient (Wildman–Crippen LogP) is 3.15. The summed E-state index contributed by atoms with van der Waals surface area (Å²) in [4.78, 5) is 2.40. The molecule has 0 N–H and O–H groups in total. The standard InChI is InChI=1S/C11H25N/c1-6-8-9-11(3,4)10-12(5)7-2/h6-10H2,1-5H3. The van der Waals surface area contributed by atoms with Crippen molar-refractivity contribution < 1.29 is 0 Å². The van der Waals surface area contributed by atoms with Crippen LogP contribution in [0.15, 0.2) is 0 Å². The molecule has 0 aromatic heterocycles. The normalized spacial score (nSPS) is 12.5. The van der Waals surface area contributed by atoms with Crippen molar-refractivity contribution in [3.63, 3.8) is 0 Å². The molecule has 0 aromatic carbocycles. The van der Waals surface area contributed by atoms with Crippen LogP contribution < -0.4 is 0 Å². The van der Waals surface area contributed by atoms with Gasteiger partial charge in [-0.2, -0.15) is 0 Å². The maximum absolute atomic E-state index is 2.40. The summed E-state index contributed by atoms with van der Waals surface area (Å²) >= 11 is 0. The van der Waals surface area contributed by atoms with Crippen molar-refractivity contribution >= 4 is 0 Å². The molecular formula is C11H25N. The third-order valence-corrected chi connectivity index (χ3v) is 2.44. The average molecular weight is 171 g/mol. The highest BCUT2D eigenvalue weighted by molar-refractivity contribution is 4.71. The molecule has 0 fully saturated rings. The summed E-state index contributed by atoms with van der Waals surface area (Å²) in [5.41, 5.74) is 0.501. The summed E-state index contributed by atoms with van der Waals surface area (Å²) in [7, 11) is 2.20. The Balaban J connectivity index is 3.69. The maximum Gasteiger partial charge on any atom is 0.00295 e. The van der Waals surface area contributed by atoms with E-state index in [-0.39, 0.29) is 0 Å². The Bertz CT molecular complexity index is 108. The Morgan fingerprint density at radius 2 is 1.75 bits per heavy atom. The number of hydrogen-bond acceptors (Lipinski definition) is 1. The predicted molar refractivity (Wildman–Crippen MR) is 56.5 cm³/mol. The molecular weight excluding hydrogens is 146 g/mol. The Kier molecular flexibility index (Phi) is 5.56. The van der Waals surface area contributed by atoms with Crippen LogP contribution in [0.4, 0.5) is 0 Å². The second-order valence-corrected chi connectivity index (χ2v) is 4.60. The molecule has 0 atom stereocenters. The first-order valence-corrected chi connectivity index (χ1v) is 5.20. The first kappa shape index (κ1) is 12.0. The Hall–Kier alpha value is -0.0400. The third-order valence-electron chi connectivity index (χ3n) is 2.44. The van der Waals surface area contributed by atoms with E-state index in [1.165, 1.54) is 25.8 Å². The van der Waals surface area contributed by atoms with Gasteiger partial charge in [0, 0.05) is 6.54 Å². The molecule has 1 heteroatoms. The number of unbranched alkanes of at least 4 members (excludes halogenated alkanes) is 1. The lowest BCUT2D eigenvalue weighted by Crippen LogP contribution is -2.31. The van der Waals surface area contributed by atoms with Crippen molar-refractivity contribution in [1.82, 2.24) is 4.90 Å². The van der Waals surface area contributed by atoms with Gasteiger partial charge >= 0.3 is 0 Å². The van der Waals surface area contributed by atoms with Crippen molar-refractivity contribution in [2.75, 3.05) is 20.1 Å². The molecule has 0 aromatic rings. The highest BCUT2D eigenvalue weighted by Crippen LogP contribution is 2.23. The Morgan fingerprint density at radius 1 is 1.17 bits per heavy atom. The van der Waals surface area contributed by atoms with E-state index in [1.807, 2.05) is 0 Å². The van der Waals surface area contributed by atoms with Crippen LogP contribution in [-0.4, -0.2) is 25.0 Å². The van der Waals surface area contributed by atoms with E-state index in [0.29, 0.717) is 5.41 Å². The number of nitrogens with zero attached hydrogens (tertiary/aromatic N) is 1. The van der Waals surface area contributed by atoms with Gasteiger partial charge in [-0.1, -0.05) is 40.5 Å². The number of rotatable bonds is 6. The highest BCUT2D eigenvalue weighted by atomic mass is 15.1. The summed E-state index contributed by atoms with van der Waals surface area (Å²) in [5.74, 6) is 0. The van der Waals surface area contributed by atoms with E-state index in [9.17, 15) is 0 Å². The fourth-order valence-corrected chi connectivity index (χ4v) is 1.58. The Morgan fingerprint density at radius 3 is 2.17 bits per heavy atom. The molecule has 0 saturated carbocycles. The molecule has 0 aliphatic heterocycles. The van der Waals surface area contributed by atoms with E-state index in [1.54, 1.807) is 0 Å². The third kappa shape index (κ3) is 5.59. The van der Waals surface area contributed by atoms with Gasteiger partial charge in [0.25, 0.3) is 0 Å². The van der Waals surface area contributed by atoms with E-state index in [4.69, 9.17) is 0 Å². The second-order valence-electron chi connectivity index (χ2n) is 4.60. The fourth-order valence-electron chi connectivity index (χ4n) is 1.58. The smallest absolute Gasteiger partial charge is 0.00295 e. The second kappa shape index (κ2) is 5.58. The zero-order valence-corrected chi connectivity index (χ0v) is 9.48. The summed E-state index contributed by atoms with van der Waals surface area (Å²) in [6.07, 6.45) is 4.04. The van der Waals surface area contributed by atoms with Crippen LogP contribution in [-0.2, 0) is 0 Å². The van der Waals surface area contributed by atoms with Gasteiger partial charge in [-0.25, -0.2) is 0 Å². The first-order valence-electron chi connectivity index (χ1n) is 5.20. The Labute approximate surface area is 78.1 Å². The van der Waals surface area contributed by atoms with Crippen LogP contribution >= 0.6 is 0 Å². The molecule has 0 heterocycles. The van der Waals surface area contributed by atoms with E-state index in [0.717, 1.165) is 6.54 Å². The largest absolute Gasteiger partial charge is 0.306 e. The molecule has 0 bridgehead atoms. The summed E-state index contributed by atoms with van der Waals surface area (Å²) in [5, 5.41) is 0. The quantitative estimate of drug-likeness (QED) is 0.593. The van der Waals surface area contributed by atoms with Crippen molar-refractivity contribution in [3.8, 4) is 0 Å². The van der Waals surface area contributed by atoms with Gasteiger partial charge in [-0.05, 0) is 25.4 Å². The average Bonchev–Trinajstić information content (AvgIpc) is 2.00. The zero-order chi connectivity index (χ0) is 9.61. The lowest BCUT2D eigenvalue weighted by molar-refractivity contribution is 0.201. The molecule has 0 aliphatic carbocycles. The zero-order valence-electron chi connectivity index (χ0n) is 9.48. The molecule has 0 rings (SSSR count). The molecule has 0 saturated heterocycles. The van der Waals surface area contributed by atoms with E-state index in [2.05, 4.69) is 39.6 Å². The van der Waals surface area contributed by atoms with Crippen LogP contribution in [0, 0.1) is 5.41 Å². The first-order chi connectivity index (χ1) is 5.52. The maximum atomic E-state index is 2.40. The SMILES string of the molecule is CCCCC(C)(C)CN(C)CC. The molecule has 0 radical (unpaired) electrons. The van der Waals surface area contributed by atoms with Crippen LogP contribution in [0.5, 0.6) is 0 Å². The molecule has 0 aliphatic rings. The van der Waals surface area contributed by atoms with Gasteiger partial charge in [-0.3, -0.25) is 0 Å². The van der Waals surface area contributed by atoms with Crippen LogP contribution in [0.3, 0.4) is 0 Å². The molecule has 74 valence electrons. The molecule has 0 spiro atoms. The van der Waals surface area contributed by atoms with Gasteiger partial charge in [-0.15, -0.1) is 0 Å². The van der Waals surface area contributed by atoms with Gasteiger partial charge in [0.15, 0.2) is 0 Å². The van der Waals surface area contributed by atoms with Crippen molar-refractivity contribution in [2.24, 2.45) is 5.41 Å². The number of hydrogen-bond donors (Lipinski definition) is 0. The molecule has 1 nitrogen and oxygen atoms in total. The van der Waals surface area contributed by atoms with Crippen molar-refractivity contribution in [1.29, 1.82) is 0 Å². The van der Waals surface area contributed by atoms with Gasteiger partial charge < -0.3 is 4.90 Å². The van der Waals surface area contributed by atoms with Crippen LogP contribution in [0.2, 0.25) is 0 Å².